The van der Waals surface area contributed by atoms with Crippen molar-refractivity contribution in [3.8, 4) is 22.5 Å². The quantitative estimate of drug-likeness (QED) is 0.834. The van der Waals surface area contributed by atoms with Crippen LogP contribution in [0.3, 0.4) is 0 Å². The maximum Gasteiger partial charge on any atom is 0.231 e. The van der Waals surface area contributed by atoms with Crippen molar-refractivity contribution in [2.24, 2.45) is 0 Å². The number of pyridine rings is 1. The molecule has 0 saturated heterocycles. The minimum Gasteiger partial charge on any atom is -0.474 e. The Balaban J connectivity index is 2.39. The van der Waals surface area contributed by atoms with Crippen LogP contribution < -0.4 is 4.74 Å². The van der Waals surface area contributed by atoms with Gasteiger partial charge in [0.1, 0.15) is 16.6 Å². The third-order valence-electron chi connectivity index (χ3n) is 2.00. The lowest BCUT2D eigenvalue weighted by atomic mass is 10.2. The molecule has 0 bridgehead atoms. The van der Waals surface area contributed by atoms with E-state index in [0.717, 1.165) is 10.6 Å². The van der Waals surface area contributed by atoms with Gasteiger partial charge in [-0.1, -0.05) is 0 Å². The first-order chi connectivity index (χ1) is 8.20. The van der Waals surface area contributed by atoms with Gasteiger partial charge in [0.25, 0.3) is 0 Å². The smallest absolute Gasteiger partial charge is 0.231 e. The van der Waals surface area contributed by atoms with Crippen molar-refractivity contribution in [1.29, 1.82) is 5.26 Å². The molecule has 0 atom stereocenters. The summed E-state index contributed by atoms with van der Waals surface area (Å²) < 4.78 is 5.46. The van der Waals surface area contributed by atoms with Crippen molar-refractivity contribution < 1.29 is 4.74 Å². The SMILES string of the molecule is CC(C)Oc1ncc(-c2nccs2)cc1C#N. The van der Waals surface area contributed by atoms with E-state index >= 15 is 0 Å². The maximum absolute atomic E-state index is 9.07. The minimum absolute atomic E-state index is 0.000290. The Morgan fingerprint density at radius 2 is 2.24 bits per heavy atom. The van der Waals surface area contributed by atoms with Crippen LogP contribution in [0.5, 0.6) is 5.88 Å². The molecule has 0 fully saturated rings. The molecule has 2 aromatic heterocycles. The molecule has 0 saturated carbocycles. The van der Waals surface area contributed by atoms with Gasteiger partial charge in [-0.15, -0.1) is 11.3 Å². The molecule has 5 heteroatoms. The fourth-order valence-electron chi connectivity index (χ4n) is 1.33. The summed E-state index contributed by atoms with van der Waals surface area (Å²) in [6.45, 7) is 3.80. The number of thiazole rings is 1. The number of nitrogens with zero attached hydrogens (tertiary/aromatic N) is 3. The molecule has 0 aliphatic heterocycles. The number of hydrogen-bond acceptors (Lipinski definition) is 5. The summed E-state index contributed by atoms with van der Waals surface area (Å²) in [5.74, 6) is 0.378. The van der Waals surface area contributed by atoms with Crippen molar-refractivity contribution in [1.82, 2.24) is 9.97 Å². The molecule has 0 aliphatic carbocycles. The van der Waals surface area contributed by atoms with Crippen molar-refractivity contribution >= 4 is 11.3 Å². The van der Waals surface area contributed by atoms with Crippen molar-refractivity contribution in [2.45, 2.75) is 20.0 Å². The summed E-state index contributed by atoms with van der Waals surface area (Å²) >= 11 is 1.51. The van der Waals surface area contributed by atoms with Crippen LogP contribution in [0, 0.1) is 11.3 Å². The second kappa shape index (κ2) is 4.93. The molecule has 0 N–H and O–H groups in total. The van der Waals surface area contributed by atoms with Crippen LogP contribution >= 0.6 is 11.3 Å². The zero-order valence-corrected chi connectivity index (χ0v) is 10.4. The topological polar surface area (TPSA) is 58.8 Å². The second-order valence-corrected chi connectivity index (χ2v) is 4.59. The summed E-state index contributed by atoms with van der Waals surface area (Å²) in [7, 11) is 0. The fourth-order valence-corrected chi connectivity index (χ4v) is 1.95. The molecule has 0 radical (unpaired) electrons. The normalized spacial score (nSPS) is 10.2. The number of ether oxygens (including phenoxy) is 1. The Bertz CT molecular complexity index is 543. The first-order valence-corrected chi connectivity index (χ1v) is 6.05. The van der Waals surface area contributed by atoms with Gasteiger partial charge in [0.05, 0.1) is 6.10 Å². The molecule has 0 aromatic carbocycles. The lowest BCUT2D eigenvalue weighted by Gasteiger charge is -2.10. The van der Waals surface area contributed by atoms with E-state index in [1.807, 2.05) is 19.2 Å². The Hall–Kier alpha value is -1.93. The monoisotopic (exact) mass is 245 g/mol. The Labute approximate surface area is 104 Å². The first-order valence-electron chi connectivity index (χ1n) is 5.17. The van der Waals surface area contributed by atoms with Gasteiger partial charge in [-0.3, -0.25) is 0 Å². The molecule has 0 spiro atoms. The van der Waals surface area contributed by atoms with E-state index in [9.17, 15) is 0 Å². The van der Waals surface area contributed by atoms with Crippen LogP contribution in [0.1, 0.15) is 19.4 Å². The van der Waals surface area contributed by atoms with Crippen molar-refractivity contribution in [2.75, 3.05) is 0 Å². The van der Waals surface area contributed by atoms with Crippen LogP contribution in [-0.2, 0) is 0 Å². The van der Waals surface area contributed by atoms with Gasteiger partial charge in [0.2, 0.25) is 5.88 Å². The number of hydrogen-bond donors (Lipinski definition) is 0. The summed E-state index contributed by atoms with van der Waals surface area (Å²) in [4.78, 5) is 8.35. The highest BCUT2D eigenvalue weighted by atomic mass is 32.1. The molecule has 0 unspecified atom stereocenters. The summed E-state index contributed by atoms with van der Waals surface area (Å²) in [6.07, 6.45) is 3.41. The highest BCUT2D eigenvalue weighted by Gasteiger charge is 2.10. The van der Waals surface area contributed by atoms with Crippen molar-refractivity contribution in [3.05, 3.63) is 29.4 Å². The Kier molecular flexibility index (Phi) is 3.35. The minimum atomic E-state index is 0.000290. The zero-order chi connectivity index (χ0) is 12.3. The van der Waals surface area contributed by atoms with Crippen LogP contribution in [0.4, 0.5) is 0 Å². The van der Waals surface area contributed by atoms with E-state index in [2.05, 4.69) is 16.0 Å². The molecule has 2 rings (SSSR count). The summed E-state index contributed by atoms with van der Waals surface area (Å²) in [5, 5.41) is 11.8. The number of rotatable bonds is 3. The number of aromatic nitrogens is 2. The molecule has 17 heavy (non-hydrogen) atoms. The predicted octanol–water partition coefficient (Wildman–Crippen LogP) is 2.86. The van der Waals surface area contributed by atoms with E-state index in [0.29, 0.717) is 11.4 Å². The van der Waals surface area contributed by atoms with E-state index in [1.165, 1.54) is 11.3 Å². The van der Waals surface area contributed by atoms with E-state index in [4.69, 9.17) is 10.00 Å². The van der Waals surface area contributed by atoms with Crippen molar-refractivity contribution in [3.63, 3.8) is 0 Å². The molecule has 2 heterocycles. The van der Waals surface area contributed by atoms with Gasteiger partial charge in [0.15, 0.2) is 0 Å². The highest BCUT2D eigenvalue weighted by molar-refractivity contribution is 7.13. The third-order valence-corrected chi connectivity index (χ3v) is 2.82. The van der Waals surface area contributed by atoms with Gasteiger partial charge < -0.3 is 4.74 Å². The molecule has 0 amide bonds. The standard InChI is InChI=1S/C12H11N3OS/c1-8(2)16-11-9(6-13)5-10(7-15-11)12-14-3-4-17-12/h3-5,7-8H,1-2H3. The molecular weight excluding hydrogens is 234 g/mol. The van der Waals surface area contributed by atoms with Crippen LogP contribution in [0.15, 0.2) is 23.8 Å². The molecule has 4 nitrogen and oxygen atoms in total. The van der Waals surface area contributed by atoms with Gasteiger partial charge in [-0.05, 0) is 19.9 Å². The zero-order valence-electron chi connectivity index (χ0n) is 9.54. The summed E-state index contributed by atoms with van der Waals surface area (Å²) in [6, 6.07) is 3.85. The Morgan fingerprint density at radius 3 is 2.82 bits per heavy atom. The fraction of sp³-hybridized carbons (Fsp3) is 0.250. The van der Waals surface area contributed by atoms with Gasteiger partial charge in [0, 0.05) is 23.3 Å². The molecule has 86 valence electrons. The second-order valence-electron chi connectivity index (χ2n) is 3.69. The highest BCUT2D eigenvalue weighted by Crippen LogP contribution is 2.25. The maximum atomic E-state index is 9.07. The molecular formula is C12H11N3OS. The molecule has 0 aliphatic rings. The third kappa shape index (κ3) is 2.60. The lowest BCUT2D eigenvalue weighted by molar-refractivity contribution is 0.232. The Morgan fingerprint density at radius 1 is 1.41 bits per heavy atom. The predicted molar refractivity (Wildman–Crippen MR) is 65.8 cm³/mol. The average Bonchev–Trinajstić information content (AvgIpc) is 2.82. The van der Waals surface area contributed by atoms with Gasteiger partial charge in [-0.25, -0.2) is 9.97 Å². The van der Waals surface area contributed by atoms with Gasteiger partial charge >= 0.3 is 0 Å². The van der Waals surface area contributed by atoms with E-state index < -0.39 is 0 Å². The number of nitriles is 1. The van der Waals surface area contributed by atoms with E-state index in [1.54, 1.807) is 18.5 Å². The molecule has 2 aromatic rings. The van der Waals surface area contributed by atoms with Gasteiger partial charge in [-0.2, -0.15) is 5.26 Å². The average molecular weight is 245 g/mol. The lowest BCUT2D eigenvalue weighted by Crippen LogP contribution is -2.08. The first kappa shape index (κ1) is 11.6. The van der Waals surface area contributed by atoms with Crippen LogP contribution in [-0.4, -0.2) is 16.1 Å². The van der Waals surface area contributed by atoms with Crippen LogP contribution in [0.2, 0.25) is 0 Å². The largest absolute Gasteiger partial charge is 0.474 e. The van der Waals surface area contributed by atoms with E-state index in [-0.39, 0.29) is 6.10 Å². The summed E-state index contributed by atoms with van der Waals surface area (Å²) in [5.41, 5.74) is 1.28. The van der Waals surface area contributed by atoms with Crippen LogP contribution in [0.25, 0.3) is 10.6 Å².